The molecular formula is C58H61BN2. The molecule has 0 aromatic heterocycles. The molecule has 0 radical (unpaired) electrons. The van der Waals surface area contributed by atoms with Crippen LogP contribution < -0.4 is 20.7 Å². The molecule has 2 unspecified atom stereocenters. The van der Waals surface area contributed by atoms with Gasteiger partial charge in [0.05, 0.1) is 11.2 Å². The lowest BCUT2D eigenvalue weighted by Gasteiger charge is -2.53. The monoisotopic (exact) mass is 796 g/mol. The molecule has 0 amide bonds. The predicted molar refractivity (Wildman–Crippen MR) is 262 cm³/mol. The summed E-state index contributed by atoms with van der Waals surface area (Å²) in [5, 5.41) is 0. The number of nitrogens with zero attached hydrogens (tertiary/aromatic N) is 2. The van der Waals surface area contributed by atoms with E-state index >= 15 is 0 Å². The summed E-state index contributed by atoms with van der Waals surface area (Å²) in [6, 6.07) is 47.5. The van der Waals surface area contributed by atoms with Gasteiger partial charge in [0.25, 0.3) is 0 Å². The van der Waals surface area contributed by atoms with Crippen molar-refractivity contribution in [2.75, 3.05) is 9.80 Å². The molecule has 5 aliphatic rings. The topological polar surface area (TPSA) is 6.48 Å². The SMILES string of the molecule is Cc1cc2c3c(c1)N1c4c(cc(-c5ccccc5)cc4C4(C)CCCCC14C)B3C1=C(c3cc(C(C)(C)C)ccc3C1(C)C)N2c1ccc(C(C)(C)C)cc1-c1ccccc1. The van der Waals surface area contributed by atoms with E-state index in [0.29, 0.717) is 0 Å². The summed E-state index contributed by atoms with van der Waals surface area (Å²) >= 11 is 0. The molecule has 2 aliphatic carbocycles. The Bertz CT molecular complexity index is 2850. The van der Waals surface area contributed by atoms with Crippen molar-refractivity contribution >= 4 is 46.1 Å². The van der Waals surface area contributed by atoms with Crippen LogP contribution in [-0.4, -0.2) is 12.3 Å². The van der Waals surface area contributed by atoms with Crippen molar-refractivity contribution in [3.63, 3.8) is 0 Å². The Hall–Kier alpha value is -5.28. The lowest BCUT2D eigenvalue weighted by atomic mass is 9.30. The van der Waals surface area contributed by atoms with Gasteiger partial charge in [0.2, 0.25) is 6.71 Å². The fourth-order valence-electron chi connectivity index (χ4n) is 12.6. The zero-order valence-electron chi connectivity index (χ0n) is 38.3. The second kappa shape index (κ2) is 12.7. The van der Waals surface area contributed by atoms with E-state index in [-0.39, 0.29) is 33.9 Å². The van der Waals surface area contributed by atoms with Crippen LogP contribution in [0.25, 0.3) is 28.0 Å². The summed E-state index contributed by atoms with van der Waals surface area (Å²) in [6.07, 6.45) is 4.92. The third kappa shape index (κ3) is 5.22. The fourth-order valence-corrected chi connectivity index (χ4v) is 12.6. The number of hydrogen-bond donors (Lipinski definition) is 0. The summed E-state index contributed by atoms with van der Waals surface area (Å²) in [5.41, 5.74) is 24.7. The Morgan fingerprint density at radius 3 is 1.84 bits per heavy atom. The highest BCUT2D eigenvalue weighted by Crippen LogP contribution is 2.64. The molecule has 306 valence electrons. The number of fused-ring (bicyclic) bond motifs is 8. The number of hydrogen-bond acceptors (Lipinski definition) is 2. The minimum atomic E-state index is -0.237. The summed E-state index contributed by atoms with van der Waals surface area (Å²) in [4.78, 5) is 5.64. The summed E-state index contributed by atoms with van der Waals surface area (Å²) in [7, 11) is 0. The van der Waals surface area contributed by atoms with Gasteiger partial charge in [-0.2, -0.15) is 0 Å². The number of aryl methyl sites for hydroxylation is 1. The van der Waals surface area contributed by atoms with Crippen LogP contribution in [0.15, 0.2) is 127 Å². The molecule has 11 rings (SSSR count). The Balaban J connectivity index is 1.31. The van der Waals surface area contributed by atoms with Crippen molar-refractivity contribution in [3.8, 4) is 22.3 Å². The van der Waals surface area contributed by atoms with Gasteiger partial charge in [0, 0.05) is 44.7 Å². The largest absolute Gasteiger partial charge is 0.335 e. The van der Waals surface area contributed by atoms with Gasteiger partial charge in [-0.05, 0) is 129 Å². The van der Waals surface area contributed by atoms with E-state index in [9.17, 15) is 0 Å². The fraction of sp³-hybridized carbons (Fsp3) is 0.345. The molecule has 0 bridgehead atoms. The first kappa shape index (κ1) is 38.6. The molecule has 3 heteroatoms. The first-order valence-corrected chi connectivity index (χ1v) is 23.0. The van der Waals surface area contributed by atoms with Gasteiger partial charge >= 0.3 is 0 Å². The Morgan fingerprint density at radius 2 is 1.16 bits per heavy atom. The number of anilines is 4. The Morgan fingerprint density at radius 1 is 0.557 bits per heavy atom. The number of allylic oxidation sites excluding steroid dienone is 1. The van der Waals surface area contributed by atoms with Crippen LogP contribution in [-0.2, 0) is 21.7 Å². The minimum absolute atomic E-state index is 0.00125. The molecule has 2 nitrogen and oxygen atoms in total. The van der Waals surface area contributed by atoms with Crippen LogP contribution in [0.4, 0.5) is 22.7 Å². The first-order chi connectivity index (χ1) is 28.9. The van der Waals surface area contributed by atoms with Crippen LogP contribution in [0, 0.1) is 6.92 Å². The third-order valence-electron chi connectivity index (χ3n) is 16.1. The molecule has 61 heavy (non-hydrogen) atoms. The molecule has 3 heterocycles. The summed E-state index contributed by atoms with van der Waals surface area (Å²) in [5.74, 6) is 0. The maximum absolute atomic E-state index is 2.89. The van der Waals surface area contributed by atoms with Crippen molar-refractivity contribution in [1.29, 1.82) is 0 Å². The van der Waals surface area contributed by atoms with Crippen LogP contribution in [0.1, 0.15) is 128 Å². The molecule has 0 N–H and O–H groups in total. The zero-order valence-corrected chi connectivity index (χ0v) is 38.3. The molecule has 6 aromatic carbocycles. The molecule has 0 saturated heterocycles. The number of benzene rings is 6. The van der Waals surface area contributed by atoms with E-state index in [1.165, 1.54) is 121 Å². The van der Waals surface area contributed by atoms with Gasteiger partial charge in [-0.15, -0.1) is 0 Å². The van der Waals surface area contributed by atoms with E-state index < -0.39 is 0 Å². The third-order valence-corrected chi connectivity index (χ3v) is 16.1. The normalized spacial score (nSPS) is 21.9. The lowest BCUT2D eigenvalue weighted by Crippen LogP contribution is -2.62. The van der Waals surface area contributed by atoms with Crippen LogP contribution in [0.5, 0.6) is 0 Å². The average Bonchev–Trinajstić information content (AvgIpc) is 3.59. The minimum Gasteiger partial charge on any atom is -0.335 e. The molecule has 2 atom stereocenters. The van der Waals surface area contributed by atoms with Crippen LogP contribution in [0.2, 0.25) is 0 Å². The Labute approximate surface area is 365 Å². The average molecular weight is 797 g/mol. The molecule has 1 saturated carbocycles. The molecule has 0 spiro atoms. The molecular weight excluding hydrogens is 735 g/mol. The lowest BCUT2D eigenvalue weighted by molar-refractivity contribution is 0.195. The van der Waals surface area contributed by atoms with Crippen molar-refractivity contribution < 1.29 is 0 Å². The maximum atomic E-state index is 2.89. The first-order valence-electron chi connectivity index (χ1n) is 23.0. The van der Waals surface area contributed by atoms with E-state index in [1.807, 2.05) is 0 Å². The quantitative estimate of drug-likeness (QED) is 0.165. The van der Waals surface area contributed by atoms with Gasteiger partial charge in [-0.3, -0.25) is 0 Å². The predicted octanol–water partition coefficient (Wildman–Crippen LogP) is 14.0. The highest BCUT2D eigenvalue weighted by atomic mass is 15.3. The Kier molecular flexibility index (Phi) is 8.01. The van der Waals surface area contributed by atoms with E-state index in [0.717, 1.165) is 0 Å². The standard InChI is InChI=1S/C58H61BN2/c1-36-30-48-50-49(31-36)61-52-45(57(10)28-18-19-29-58(57,61)11)32-39(37-20-14-12-15-21-37)33-46(52)59(50)53-51(43-35-40(54(2,3)4)24-26-44(43)56(53,8)9)60(48)47-27-25-41(55(5,6)7)34-42(47)38-22-16-13-17-23-38/h12-17,20-27,30-35H,18-19,28-29H2,1-11H3. The van der Waals surface area contributed by atoms with Gasteiger partial charge in [-0.25, -0.2) is 0 Å². The van der Waals surface area contributed by atoms with Crippen molar-refractivity contribution in [2.45, 2.75) is 129 Å². The molecule has 3 aliphatic heterocycles. The second-order valence-electron chi connectivity index (χ2n) is 22.2. The zero-order chi connectivity index (χ0) is 42.6. The molecule has 6 aromatic rings. The van der Waals surface area contributed by atoms with Crippen LogP contribution in [0.3, 0.4) is 0 Å². The second-order valence-corrected chi connectivity index (χ2v) is 22.2. The van der Waals surface area contributed by atoms with Gasteiger partial charge in [0.1, 0.15) is 0 Å². The van der Waals surface area contributed by atoms with E-state index in [4.69, 9.17) is 0 Å². The summed E-state index contributed by atoms with van der Waals surface area (Å²) in [6.45, 7) is 26.8. The maximum Gasteiger partial charge on any atom is 0.248 e. The van der Waals surface area contributed by atoms with Crippen molar-refractivity contribution in [2.24, 2.45) is 0 Å². The number of rotatable bonds is 3. The molecule has 1 fully saturated rings. The van der Waals surface area contributed by atoms with Crippen LogP contribution >= 0.6 is 0 Å². The smallest absolute Gasteiger partial charge is 0.248 e. The van der Waals surface area contributed by atoms with Gasteiger partial charge in [0.15, 0.2) is 0 Å². The summed E-state index contributed by atoms with van der Waals surface area (Å²) < 4.78 is 0. The van der Waals surface area contributed by atoms with E-state index in [1.54, 1.807) is 5.56 Å². The van der Waals surface area contributed by atoms with Gasteiger partial charge < -0.3 is 9.80 Å². The highest BCUT2D eigenvalue weighted by molar-refractivity contribution is 6.96. The van der Waals surface area contributed by atoms with E-state index in [2.05, 4.69) is 207 Å². The van der Waals surface area contributed by atoms with Gasteiger partial charge in [-0.1, -0.05) is 166 Å². The van der Waals surface area contributed by atoms with Crippen molar-refractivity contribution in [3.05, 3.63) is 160 Å². The highest BCUT2D eigenvalue weighted by Gasteiger charge is 2.63. The van der Waals surface area contributed by atoms with Crippen molar-refractivity contribution in [1.82, 2.24) is 0 Å².